The van der Waals surface area contributed by atoms with Crippen LogP contribution in [0.25, 0.3) is 0 Å². The summed E-state index contributed by atoms with van der Waals surface area (Å²) < 4.78 is 24.5. The Hall–Kier alpha value is -4.58. The zero-order valence-electron chi connectivity index (χ0n) is 36.4. The topological polar surface area (TPSA) is 71.1 Å². The molecule has 0 fully saturated rings. The molecule has 0 saturated carbocycles. The van der Waals surface area contributed by atoms with Gasteiger partial charge in [0.05, 0.1) is 0 Å². The van der Waals surface area contributed by atoms with Crippen LogP contribution >= 0.6 is 0 Å². The van der Waals surface area contributed by atoms with Crippen LogP contribution in [-0.2, 0) is 36.7 Å². The van der Waals surface area contributed by atoms with E-state index >= 15 is 0 Å². The Labute approximate surface area is 335 Å². The molecule has 0 radical (unpaired) electrons. The van der Waals surface area contributed by atoms with Gasteiger partial charge in [-0.15, -0.1) is 0 Å². The van der Waals surface area contributed by atoms with Crippen LogP contribution in [0.15, 0.2) is 66.7 Å². The van der Waals surface area contributed by atoms with Gasteiger partial charge in [0.15, 0.2) is 0 Å². The van der Waals surface area contributed by atoms with E-state index in [9.17, 15) is 9.59 Å². The molecule has 0 amide bonds. The molecule has 56 heavy (non-hydrogen) atoms. The van der Waals surface area contributed by atoms with E-state index in [4.69, 9.17) is 18.9 Å². The van der Waals surface area contributed by atoms with E-state index in [0.29, 0.717) is 30.5 Å². The molecule has 2 heterocycles. The first-order valence-electron chi connectivity index (χ1n) is 20.1. The monoisotopic (exact) mass is 758 g/mol. The second-order valence-corrected chi connectivity index (χ2v) is 20.9. The standard InChI is InChI=1S/C50H62O6/c1-46(2,3)31-25-34-40(44(51)55-42(34)37(27-31)49(10,11)12)29-16-19-33(20-17-29)53-22-23-54-39-21-18-30(24-36(39)48(7,8)9)41-35-26-32(47(4,5)6)28-38(50(13,14)15)43(35)56-45(41)52/h16-21,24-28,40-41H,22-23H2,1-15H3. The lowest BCUT2D eigenvalue weighted by Crippen LogP contribution is -2.18. The lowest BCUT2D eigenvalue weighted by molar-refractivity contribution is -0.134. The third-order valence-electron chi connectivity index (χ3n) is 11.1. The van der Waals surface area contributed by atoms with Crippen molar-refractivity contribution in [1.82, 2.24) is 0 Å². The number of esters is 2. The SMILES string of the molecule is CC(C)(C)c1cc2c(c(C(C)(C)C)c1)OC(=O)C2c1ccc(OCCOc2ccc(C3C(=O)Oc4c3cc(C(C)(C)C)cc4C(C)(C)C)cc2C(C)(C)C)cc1. The van der Waals surface area contributed by atoms with Gasteiger partial charge in [-0.3, -0.25) is 9.59 Å². The zero-order valence-corrected chi connectivity index (χ0v) is 36.4. The fraction of sp³-hybridized carbons (Fsp3) is 0.480. The zero-order chi connectivity index (χ0) is 41.3. The van der Waals surface area contributed by atoms with Crippen LogP contribution in [0, 0.1) is 0 Å². The van der Waals surface area contributed by atoms with Crippen molar-refractivity contribution in [2.75, 3.05) is 13.2 Å². The second-order valence-electron chi connectivity index (χ2n) is 20.9. The average molecular weight is 759 g/mol. The van der Waals surface area contributed by atoms with Crippen molar-refractivity contribution < 1.29 is 28.5 Å². The van der Waals surface area contributed by atoms with Gasteiger partial charge in [-0.05, 0) is 73.1 Å². The van der Waals surface area contributed by atoms with Crippen molar-refractivity contribution in [3.05, 3.63) is 117 Å². The molecule has 4 aromatic rings. The smallest absolute Gasteiger partial charge is 0.323 e. The molecular weight excluding hydrogens is 697 g/mol. The van der Waals surface area contributed by atoms with Crippen LogP contribution in [0.1, 0.15) is 166 Å². The highest BCUT2D eigenvalue weighted by atomic mass is 16.5. The van der Waals surface area contributed by atoms with Crippen molar-refractivity contribution in [3.8, 4) is 23.0 Å². The third-order valence-corrected chi connectivity index (χ3v) is 11.1. The summed E-state index contributed by atoms with van der Waals surface area (Å²) in [5.41, 5.74) is 8.31. The maximum Gasteiger partial charge on any atom is 0.323 e. The summed E-state index contributed by atoms with van der Waals surface area (Å²) in [5.74, 6) is 1.32. The fourth-order valence-corrected chi connectivity index (χ4v) is 7.65. The van der Waals surface area contributed by atoms with Gasteiger partial charge >= 0.3 is 11.9 Å². The Morgan fingerprint density at radius 3 is 1.30 bits per heavy atom. The van der Waals surface area contributed by atoms with Crippen molar-refractivity contribution in [2.24, 2.45) is 0 Å². The van der Waals surface area contributed by atoms with Gasteiger partial charge < -0.3 is 18.9 Å². The molecule has 0 spiro atoms. The van der Waals surface area contributed by atoms with E-state index in [1.54, 1.807) is 0 Å². The molecule has 2 unspecified atom stereocenters. The van der Waals surface area contributed by atoms with Crippen molar-refractivity contribution in [2.45, 2.75) is 143 Å². The average Bonchev–Trinajstić information content (AvgIpc) is 3.58. The normalized spacial score (nSPS) is 17.3. The molecule has 0 N–H and O–H groups in total. The summed E-state index contributed by atoms with van der Waals surface area (Å²) in [4.78, 5) is 27.0. The summed E-state index contributed by atoms with van der Waals surface area (Å²) in [6, 6.07) is 22.5. The molecule has 6 rings (SSSR count). The van der Waals surface area contributed by atoms with Gasteiger partial charge in [-0.2, -0.15) is 0 Å². The third kappa shape index (κ3) is 8.12. The van der Waals surface area contributed by atoms with Gasteiger partial charge in [0.1, 0.15) is 48.0 Å². The highest BCUT2D eigenvalue weighted by Gasteiger charge is 2.41. The summed E-state index contributed by atoms with van der Waals surface area (Å²) in [6.45, 7) is 33.3. The van der Waals surface area contributed by atoms with E-state index < -0.39 is 11.8 Å². The van der Waals surface area contributed by atoms with Crippen LogP contribution in [0.5, 0.6) is 23.0 Å². The van der Waals surface area contributed by atoms with E-state index in [1.165, 1.54) is 11.1 Å². The first-order valence-corrected chi connectivity index (χ1v) is 20.1. The van der Waals surface area contributed by atoms with Crippen LogP contribution in [0.2, 0.25) is 0 Å². The largest absolute Gasteiger partial charge is 0.490 e. The molecule has 0 aromatic heterocycles. The molecule has 298 valence electrons. The summed E-state index contributed by atoms with van der Waals surface area (Å²) in [5, 5.41) is 0. The minimum atomic E-state index is -0.518. The summed E-state index contributed by atoms with van der Waals surface area (Å²) in [6.07, 6.45) is 0. The van der Waals surface area contributed by atoms with Crippen molar-refractivity contribution in [3.63, 3.8) is 0 Å². The second kappa shape index (κ2) is 14.1. The van der Waals surface area contributed by atoms with E-state index in [2.05, 4.69) is 134 Å². The number of rotatable bonds is 7. The molecule has 0 bridgehead atoms. The van der Waals surface area contributed by atoms with E-state index in [1.807, 2.05) is 36.4 Å². The van der Waals surface area contributed by atoms with E-state index in [-0.39, 0.29) is 39.0 Å². The van der Waals surface area contributed by atoms with Gasteiger partial charge in [0.2, 0.25) is 0 Å². The number of ether oxygens (including phenoxy) is 4. The Bertz CT molecular complexity index is 2150. The number of fused-ring (bicyclic) bond motifs is 2. The first-order chi connectivity index (χ1) is 25.7. The minimum Gasteiger partial charge on any atom is -0.490 e. The first kappa shape index (κ1) is 41.1. The van der Waals surface area contributed by atoms with Gasteiger partial charge in [0.25, 0.3) is 0 Å². The maximum absolute atomic E-state index is 13.6. The van der Waals surface area contributed by atoms with Crippen molar-refractivity contribution >= 4 is 11.9 Å². The quantitative estimate of drug-likeness (QED) is 0.106. The van der Waals surface area contributed by atoms with Gasteiger partial charge in [0, 0.05) is 22.3 Å². The highest BCUT2D eigenvalue weighted by molar-refractivity contribution is 5.91. The molecular formula is C50H62O6. The van der Waals surface area contributed by atoms with Crippen LogP contribution in [-0.4, -0.2) is 25.2 Å². The lowest BCUT2D eigenvalue weighted by Gasteiger charge is -2.27. The van der Waals surface area contributed by atoms with Gasteiger partial charge in [-0.1, -0.05) is 152 Å². The molecule has 0 saturated heterocycles. The van der Waals surface area contributed by atoms with Crippen LogP contribution in [0.4, 0.5) is 0 Å². The number of benzene rings is 4. The molecule has 6 nitrogen and oxygen atoms in total. The minimum absolute atomic E-state index is 0.0795. The molecule has 0 aliphatic carbocycles. The van der Waals surface area contributed by atoms with Crippen LogP contribution in [0.3, 0.4) is 0 Å². The Morgan fingerprint density at radius 2 is 0.875 bits per heavy atom. The molecule has 2 aliphatic heterocycles. The molecule has 2 atom stereocenters. The highest BCUT2D eigenvalue weighted by Crippen LogP contribution is 2.49. The number of carbonyl (C=O) groups excluding carboxylic acids is 2. The molecule has 4 aromatic carbocycles. The number of hydrogen-bond donors (Lipinski definition) is 0. The molecule has 6 heteroatoms. The predicted molar refractivity (Wildman–Crippen MR) is 225 cm³/mol. The van der Waals surface area contributed by atoms with Gasteiger partial charge in [-0.25, -0.2) is 0 Å². The summed E-state index contributed by atoms with van der Waals surface area (Å²) >= 11 is 0. The predicted octanol–water partition coefficient (Wildman–Crippen LogP) is 11.7. The Morgan fingerprint density at radius 1 is 0.464 bits per heavy atom. The lowest BCUT2D eigenvalue weighted by atomic mass is 9.76. The van der Waals surface area contributed by atoms with Crippen LogP contribution < -0.4 is 18.9 Å². The summed E-state index contributed by atoms with van der Waals surface area (Å²) in [7, 11) is 0. The Balaban J connectivity index is 1.18. The van der Waals surface area contributed by atoms with E-state index in [0.717, 1.165) is 44.7 Å². The fourth-order valence-electron chi connectivity index (χ4n) is 7.65. The number of carbonyl (C=O) groups is 2. The molecule has 2 aliphatic rings. The maximum atomic E-state index is 13.6. The van der Waals surface area contributed by atoms with Crippen molar-refractivity contribution in [1.29, 1.82) is 0 Å². The number of hydrogen-bond acceptors (Lipinski definition) is 6. The Kier molecular flexibility index (Phi) is 10.3.